The van der Waals surface area contributed by atoms with Crippen LogP contribution in [0.15, 0.2) is 54.9 Å². The second kappa shape index (κ2) is 10.4. The van der Waals surface area contributed by atoms with E-state index in [2.05, 4.69) is 28.3 Å². The first-order valence-corrected chi connectivity index (χ1v) is 12.5. The Balaban J connectivity index is 1.35. The van der Waals surface area contributed by atoms with Crippen LogP contribution in [-0.4, -0.2) is 58.4 Å². The minimum atomic E-state index is -0.0932. The second-order valence-electron chi connectivity index (χ2n) is 9.28. The van der Waals surface area contributed by atoms with Gasteiger partial charge in [-0.3, -0.25) is 4.79 Å². The monoisotopic (exact) mass is 497 g/mol. The third-order valence-corrected chi connectivity index (χ3v) is 6.98. The van der Waals surface area contributed by atoms with Crippen LogP contribution in [0.2, 0.25) is 0 Å². The highest BCUT2D eigenvalue weighted by Crippen LogP contribution is 2.31. The quantitative estimate of drug-likeness (QED) is 0.375. The third-order valence-electron chi connectivity index (χ3n) is 6.98. The van der Waals surface area contributed by atoms with Crippen molar-refractivity contribution in [2.75, 3.05) is 27.8 Å². The predicted octanol–water partition coefficient (Wildman–Crippen LogP) is 4.46. The number of hydrogen-bond acceptors (Lipinski definition) is 6. The van der Waals surface area contributed by atoms with Gasteiger partial charge >= 0.3 is 0 Å². The zero-order chi connectivity index (χ0) is 25.9. The molecule has 2 aromatic heterocycles. The zero-order valence-electron chi connectivity index (χ0n) is 21.7. The summed E-state index contributed by atoms with van der Waals surface area (Å²) >= 11 is 0. The number of aromatic nitrogens is 4. The number of carbonyl (C=O) groups is 1. The van der Waals surface area contributed by atoms with E-state index < -0.39 is 0 Å². The molecule has 0 fully saturated rings. The van der Waals surface area contributed by atoms with Gasteiger partial charge in [0.05, 0.1) is 37.4 Å². The molecule has 0 unspecified atom stereocenters. The first kappa shape index (κ1) is 24.5. The summed E-state index contributed by atoms with van der Waals surface area (Å²) in [5, 5.41) is 4.49. The summed E-state index contributed by atoms with van der Waals surface area (Å²) < 4.78 is 12.4. The number of aryl methyl sites for hydroxylation is 2. The Labute approximate surface area is 216 Å². The van der Waals surface area contributed by atoms with Gasteiger partial charge in [0.15, 0.2) is 11.5 Å². The van der Waals surface area contributed by atoms with Crippen molar-refractivity contribution in [1.82, 2.24) is 24.6 Å². The van der Waals surface area contributed by atoms with Gasteiger partial charge < -0.3 is 14.4 Å². The topological polar surface area (TPSA) is 82.4 Å². The van der Waals surface area contributed by atoms with Gasteiger partial charge in [-0.15, -0.1) is 0 Å². The lowest BCUT2D eigenvalue weighted by Crippen LogP contribution is -2.29. The highest BCUT2D eigenvalue weighted by Gasteiger charge is 2.22. The van der Waals surface area contributed by atoms with Crippen LogP contribution >= 0.6 is 0 Å². The van der Waals surface area contributed by atoms with Crippen molar-refractivity contribution in [3.8, 4) is 28.7 Å². The number of likely N-dealkylation sites (N-methyl/N-ethyl adjacent to an activating group) is 1. The molecule has 0 spiro atoms. The van der Waals surface area contributed by atoms with Gasteiger partial charge in [0.2, 0.25) is 0 Å². The van der Waals surface area contributed by atoms with E-state index >= 15 is 0 Å². The summed E-state index contributed by atoms with van der Waals surface area (Å²) in [6, 6.07) is 14.2. The zero-order valence-corrected chi connectivity index (χ0v) is 21.7. The van der Waals surface area contributed by atoms with Crippen LogP contribution in [0.4, 0.5) is 0 Å². The molecule has 0 atom stereocenters. The average molecular weight is 498 g/mol. The van der Waals surface area contributed by atoms with E-state index in [1.54, 1.807) is 37.0 Å². The van der Waals surface area contributed by atoms with Crippen molar-refractivity contribution in [3.63, 3.8) is 0 Å². The van der Waals surface area contributed by atoms with E-state index in [1.165, 1.54) is 5.56 Å². The van der Waals surface area contributed by atoms with Crippen molar-refractivity contribution < 1.29 is 14.3 Å². The van der Waals surface area contributed by atoms with E-state index in [1.807, 2.05) is 37.4 Å². The number of ether oxygens (including phenoxy) is 2. The van der Waals surface area contributed by atoms with Crippen LogP contribution in [0.3, 0.4) is 0 Å². The number of carbonyl (C=O) groups excluding carboxylic acids is 1. The normalized spacial score (nSPS) is 12.3. The Morgan fingerprint density at radius 1 is 1.03 bits per heavy atom. The number of fused-ring (bicyclic) bond motifs is 3. The van der Waals surface area contributed by atoms with Crippen LogP contribution < -0.4 is 9.47 Å². The molecule has 0 saturated carbocycles. The third kappa shape index (κ3) is 4.79. The molecule has 0 aliphatic heterocycles. The molecule has 0 saturated heterocycles. The van der Waals surface area contributed by atoms with Crippen LogP contribution in [-0.2, 0) is 19.3 Å². The highest BCUT2D eigenvalue weighted by atomic mass is 16.5. The molecule has 0 radical (unpaired) electrons. The van der Waals surface area contributed by atoms with Gasteiger partial charge in [-0.1, -0.05) is 30.3 Å². The Hall–Kier alpha value is -4.20. The van der Waals surface area contributed by atoms with Crippen molar-refractivity contribution >= 4 is 5.91 Å². The lowest BCUT2D eigenvalue weighted by molar-refractivity contribution is 0.0796. The molecule has 1 aliphatic rings. The minimum Gasteiger partial charge on any atom is -0.493 e. The van der Waals surface area contributed by atoms with Crippen LogP contribution in [0.5, 0.6) is 11.5 Å². The molecule has 2 heterocycles. The largest absolute Gasteiger partial charge is 0.493 e. The van der Waals surface area contributed by atoms with Crippen LogP contribution in [0.25, 0.3) is 17.2 Å². The maximum Gasteiger partial charge on any atom is 0.257 e. The molecule has 0 N–H and O–H groups in total. The maximum atomic E-state index is 13.3. The van der Waals surface area contributed by atoms with Gasteiger partial charge in [-0.05, 0) is 61.4 Å². The first-order valence-electron chi connectivity index (χ1n) is 12.5. The molecule has 2 aromatic carbocycles. The molecule has 190 valence electrons. The lowest BCUT2D eigenvalue weighted by Gasteiger charge is -2.17. The summed E-state index contributed by atoms with van der Waals surface area (Å²) in [5.41, 5.74) is 6.85. The lowest BCUT2D eigenvalue weighted by atomic mass is 10.0. The first-order chi connectivity index (χ1) is 18.0. The fourth-order valence-corrected chi connectivity index (χ4v) is 4.82. The Kier molecular flexibility index (Phi) is 6.90. The van der Waals surface area contributed by atoms with Crippen LogP contribution in [0.1, 0.15) is 39.2 Å². The smallest absolute Gasteiger partial charge is 0.257 e. The number of rotatable bonds is 7. The summed E-state index contributed by atoms with van der Waals surface area (Å²) in [6.07, 6.45) is 7.23. The van der Waals surface area contributed by atoms with E-state index in [9.17, 15) is 4.79 Å². The average Bonchev–Trinajstić information content (AvgIpc) is 3.21. The second-order valence-corrected chi connectivity index (χ2v) is 9.28. The van der Waals surface area contributed by atoms with Gasteiger partial charge in [-0.2, -0.15) is 5.10 Å². The molecular formula is C29H31N5O3. The van der Waals surface area contributed by atoms with Crippen molar-refractivity contribution in [2.24, 2.45) is 0 Å². The summed E-state index contributed by atoms with van der Waals surface area (Å²) in [6.45, 7) is 2.43. The number of hydrogen-bond donors (Lipinski definition) is 0. The fraction of sp³-hybridized carbons (Fsp3) is 0.310. The molecule has 37 heavy (non-hydrogen) atoms. The van der Waals surface area contributed by atoms with E-state index in [0.29, 0.717) is 41.7 Å². The maximum absolute atomic E-state index is 13.3. The molecule has 8 nitrogen and oxygen atoms in total. The summed E-state index contributed by atoms with van der Waals surface area (Å²) in [7, 11) is 5.03. The molecule has 4 aromatic rings. The number of amides is 1. The van der Waals surface area contributed by atoms with Gasteiger partial charge in [-0.25, -0.2) is 14.6 Å². The van der Waals surface area contributed by atoms with E-state index in [-0.39, 0.29) is 5.91 Å². The van der Waals surface area contributed by atoms with Gasteiger partial charge in [0.25, 0.3) is 11.9 Å². The molecule has 1 aliphatic carbocycles. The predicted molar refractivity (Wildman–Crippen MR) is 142 cm³/mol. The highest BCUT2D eigenvalue weighted by molar-refractivity contribution is 5.95. The number of methoxy groups -OCH3 is 2. The molecule has 8 heteroatoms. The van der Waals surface area contributed by atoms with Crippen molar-refractivity contribution in [1.29, 1.82) is 0 Å². The minimum absolute atomic E-state index is 0.0932. The summed E-state index contributed by atoms with van der Waals surface area (Å²) in [5.74, 6) is 1.74. The molecule has 0 bridgehead atoms. The van der Waals surface area contributed by atoms with Crippen LogP contribution in [0, 0.1) is 6.92 Å². The summed E-state index contributed by atoms with van der Waals surface area (Å²) in [4.78, 5) is 24.5. The standard InChI is InChI=1S/C29H31N5O3/c1-19-24(28(35)33(2)15-14-20-12-13-25(36-3)26(16-20)37-4)18-31-34(19)29-30-17-22-10-7-9-21-8-5-6-11-23(21)27(22)32-29/h5-6,8,11-13,16-18H,7,9-10,14-15H2,1-4H3. The van der Waals surface area contributed by atoms with Gasteiger partial charge in [0, 0.05) is 25.4 Å². The Morgan fingerprint density at radius 2 is 1.81 bits per heavy atom. The SMILES string of the molecule is COc1ccc(CCN(C)C(=O)c2cnn(-c3ncc4c(n3)-c3ccccc3CCC4)c2C)cc1OC. The van der Waals surface area contributed by atoms with Crippen molar-refractivity contribution in [2.45, 2.75) is 32.6 Å². The van der Waals surface area contributed by atoms with E-state index in [0.717, 1.165) is 41.6 Å². The van der Waals surface area contributed by atoms with Gasteiger partial charge in [0.1, 0.15) is 0 Å². The number of benzene rings is 2. The fourth-order valence-electron chi connectivity index (χ4n) is 4.82. The number of nitrogens with zero attached hydrogens (tertiary/aromatic N) is 5. The molecule has 1 amide bonds. The Bertz CT molecular complexity index is 1450. The van der Waals surface area contributed by atoms with E-state index in [4.69, 9.17) is 14.5 Å². The molecular weight excluding hydrogens is 466 g/mol. The Morgan fingerprint density at radius 3 is 2.62 bits per heavy atom. The molecule has 5 rings (SSSR count). The van der Waals surface area contributed by atoms with Crippen molar-refractivity contribution in [3.05, 3.63) is 82.8 Å².